The number of fused-ring (bicyclic) bond motifs is 1. The maximum Gasteiger partial charge on any atom is 0.354 e. The summed E-state index contributed by atoms with van der Waals surface area (Å²) < 4.78 is 48.6. The first kappa shape index (κ1) is 23.6. The van der Waals surface area contributed by atoms with Crippen molar-refractivity contribution < 1.29 is 27.6 Å². The number of aromatic nitrogens is 3. The summed E-state index contributed by atoms with van der Waals surface area (Å²) in [6.07, 6.45) is 2.54. The molecule has 0 radical (unpaired) electrons. The third-order valence-electron chi connectivity index (χ3n) is 5.29. The van der Waals surface area contributed by atoms with E-state index < -0.39 is 21.8 Å². The largest absolute Gasteiger partial charge is 0.481 e. The molecule has 11 nitrogen and oxygen atoms in total. The lowest BCUT2D eigenvalue weighted by molar-refractivity contribution is 0.0165. The van der Waals surface area contributed by atoms with Gasteiger partial charge in [0.05, 0.1) is 25.5 Å². The van der Waals surface area contributed by atoms with Gasteiger partial charge in [-0.15, -0.1) is 4.36 Å². The highest BCUT2D eigenvalue weighted by Crippen LogP contribution is 2.34. The molecule has 1 aliphatic heterocycles. The van der Waals surface area contributed by atoms with Crippen molar-refractivity contribution in [2.24, 2.45) is 9.50 Å². The van der Waals surface area contributed by atoms with E-state index in [0.717, 1.165) is 0 Å². The third-order valence-corrected chi connectivity index (χ3v) is 6.64. The molecule has 1 aromatic carbocycles. The van der Waals surface area contributed by atoms with Gasteiger partial charge in [0.25, 0.3) is 0 Å². The fraction of sp³-hybridized carbons (Fsp3) is 0.286. The molecule has 0 fully saturated rings. The van der Waals surface area contributed by atoms with Crippen molar-refractivity contribution >= 4 is 21.6 Å². The lowest BCUT2D eigenvalue weighted by Gasteiger charge is -2.23. The second-order valence-corrected chi connectivity index (χ2v) is 9.20. The minimum absolute atomic E-state index is 0.0211. The van der Waals surface area contributed by atoms with Crippen LogP contribution in [0, 0.1) is 12.7 Å². The molecule has 0 bridgehead atoms. The van der Waals surface area contributed by atoms with E-state index in [9.17, 15) is 13.4 Å². The number of carbonyl (C=O) groups excluding carboxylic acids is 1. The van der Waals surface area contributed by atoms with Crippen LogP contribution < -0.4 is 19.9 Å². The number of nitrogens with two attached hydrogens (primary N) is 1. The molecule has 1 aliphatic rings. The normalized spacial score (nSPS) is 16.7. The van der Waals surface area contributed by atoms with Gasteiger partial charge in [0.15, 0.2) is 9.92 Å². The molecule has 3 heterocycles. The Hall–Kier alpha value is -3.55. The Balaban J connectivity index is 1.68. The number of rotatable bonds is 5. The van der Waals surface area contributed by atoms with E-state index in [-0.39, 0.29) is 34.7 Å². The second kappa shape index (κ2) is 9.37. The van der Waals surface area contributed by atoms with Gasteiger partial charge in [-0.1, -0.05) is 0 Å². The number of hydrogen-bond acceptors (Lipinski definition) is 7. The molecule has 3 aromatic rings. The molecular formula is C21H23FN6O5S. The van der Waals surface area contributed by atoms with Crippen molar-refractivity contribution in [1.29, 1.82) is 0 Å². The standard InChI is InChI=1S/C21H23FN6O5S/c1-12-16(22)5-4-15(13-6-7-24-18(8-13)32-3)19(12)26-21(29)27-34(23,30)17-9-25-28-10-14(31-2)11-33-20(17)28/h4-9,14H,10-11H2,1-3H3,(H3,23,26,27,29,30). The predicted molar refractivity (Wildman–Crippen MR) is 121 cm³/mol. The molecule has 2 atom stereocenters. The molecular weight excluding hydrogens is 467 g/mol. The molecule has 0 aliphatic carbocycles. The maximum atomic E-state index is 14.3. The number of ether oxygens (including phenoxy) is 3. The SMILES string of the molecule is COc1cc(-c2ccc(F)c(C)c2NC(=O)N=S(N)(=O)c2cnn3c2OCC(OC)C3)ccn1. The first-order valence-corrected chi connectivity index (χ1v) is 11.7. The van der Waals surface area contributed by atoms with Crippen LogP contribution in [0.5, 0.6) is 11.8 Å². The van der Waals surface area contributed by atoms with E-state index >= 15 is 0 Å². The van der Waals surface area contributed by atoms with Crippen LogP contribution in [0.15, 0.2) is 45.9 Å². The van der Waals surface area contributed by atoms with E-state index in [1.807, 2.05) is 0 Å². The van der Waals surface area contributed by atoms with Gasteiger partial charge in [-0.25, -0.2) is 28.2 Å². The quantitative estimate of drug-likeness (QED) is 0.560. The van der Waals surface area contributed by atoms with Crippen LogP contribution in [0.3, 0.4) is 0 Å². The average molecular weight is 491 g/mol. The number of nitrogens with zero attached hydrogens (tertiary/aromatic N) is 4. The van der Waals surface area contributed by atoms with Gasteiger partial charge in [-0.3, -0.25) is 0 Å². The lowest BCUT2D eigenvalue weighted by atomic mass is 10.0. The van der Waals surface area contributed by atoms with Gasteiger partial charge in [-0.05, 0) is 30.7 Å². The van der Waals surface area contributed by atoms with Gasteiger partial charge >= 0.3 is 6.03 Å². The smallest absolute Gasteiger partial charge is 0.354 e. The van der Waals surface area contributed by atoms with E-state index in [4.69, 9.17) is 19.3 Å². The van der Waals surface area contributed by atoms with Gasteiger partial charge in [0, 0.05) is 30.5 Å². The summed E-state index contributed by atoms with van der Waals surface area (Å²) in [6.45, 7) is 2.08. The highest BCUT2D eigenvalue weighted by molar-refractivity contribution is 7.91. The first-order valence-electron chi connectivity index (χ1n) is 10.1. The minimum atomic E-state index is -3.72. The molecule has 13 heteroatoms. The van der Waals surface area contributed by atoms with Crippen LogP contribution in [0.4, 0.5) is 14.9 Å². The van der Waals surface area contributed by atoms with Gasteiger partial charge in [0.2, 0.25) is 11.8 Å². The second-order valence-electron chi connectivity index (χ2n) is 7.44. The van der Waals surface area contributed by atoms with Crippen molar-refractivity contribution in [1.82, 2.24) is 14.8 Å². The Labute approximate surface area is 195 Å². The number of amides is 2. The van der Waals surface area contributed by atoms with Crippen LogP contribution in [0.1, 0.15) is 5.56 Å². The van der Waals surface area contributed by atoms with Crippen LogP contribution in [0.25, 0.3) is 11.1 Å². The van der Waals surface area contributed by atoms with E-state index in [1.165, 1.54) is 43.2 Å². The summed E-state index contributed by atoms with van der Waals surface area (Å²) in [6, 6.07) is 5.07. The van der Waals surface area contributed by atoms with Crippen molar-refractivity contribution in [3.63, 3.8) is 0 Å². The number of pyridine rings is 1. The number of nitrogens with one attached hydrogen (secondary N) is 1. The fourth-order valence-corrected chi connectivity index (χ4v) is 4.47. The number of methoxy groups -OCH3 is 2. The van der Waals surface area contributed by atoms with Crippen molar-refractivity contribution in [2.45, 2.75) is 24.5 Å². The zero-order chi connectivity index (χ0) is 24.5. The number of benzene rings is 1. The molecule has 2 unspecified atom stereocenters. The van der Waals surface area contributed by atoms with Crippen LogP contribution >= 0.6 is 0 Å². The average Bonchev–Trinajstić information content (AvgIpc) is 3.26. The van der Waals surface area contributed by atoms with Crippen LogP contribution in [-0.4, -0.2) is 51.9 Å². The van der Waals surface area contributed by atoms with E-state index in [2.05, 4.69) is 19.8 Å². The zero-order valence-corrected chi connectivity index (χ0v) is 19.5. The van der Waals surface area contributed by atoms with E-state index in [1.54, 1.807) is 19.2 Å². The Morgan fingerprint density at radius 1 is 1.38 bits per heavy atom. The summed E-state index contributed by atoms with van der Waals surface area (Å²) >= 11 is 0. The van der Waals surface area contributed by atoms with Gasteiger partial charge < -0.3 is 19.5 Å². The number of hydrogen-bond donors (Lipinski definition) is 2. The molecule has 2 aromatic heterocycles. The Kier molecular flexibility index (Phi) is 6.50. The number of halogens is 1. The molecule has 0 saturated heterocycles. The minimum Gasteiger partial charge on any atom is -0.481 e. The van der Waals surface area contributed by atoms with Crippen molar-refractivity contribution in [3.05, 3.63) is 48.0 Å². The molecule has 2 amide bonds. The van der Waals surface area contributed by atoms with Gasteiger partial charge in [0.1, 0.15) is 23.4 Å². The number of anilines is 1. The zero-order valence-electron chi connectivity index (χ0n) is 18.6. The summed E-state index contributed by atoms with van der Waals surface area (Å²) in [7, 11) is -0.713. The summed E-state index contributed by atoms with van der Waals surface area (Å²) in [4.78, 5) is 16.8. The molecule has 34 heavy (non-hydrogen) atoms. The van der Waals surface area contributed by atoms with Crippen molar-refractivity contribution in [3.8, 4) is 22.9 Å². The maximum absolute atomic E-state index is 14.3. The topological polar surface area (TPSA) is 143 Å². The molecule has 3 N–H and O–H groups in total. The summed E-state index contributed by atoms with van der Waals surface area (Å²) in [5.41, 5.74) is 1.42. The highest BCUT2D eigenvalue weighted by Gasteiger charge is 2.28. The number of carbonyl (C=O) groups is 1. The summed E-state index contributed by atoms with van der Waals surface area (Å²) in [5, 5.41) is 12.5. The third kappa shape index (κ3) is 4.58. The molecule has 180 valence electrons. The lowest BCUT2D eigenvalue weighted by Crippen LogP contribution is -2.32. The molecule has 0 saturated carbocycles. The predicted octanol–water partition coefficient (Wildman–Crippen LogP) is 2.74. The highest BCUT2D eigenvalue weighted by atomic mass is 32.2. The fourth-order valence-electron chi connectivity index (χ4n) is 3.47. The van der Waals surface area contributed by atoms with Crippen LogP contribution in [-0.2, 0) is 21.2 Å². The van der Waals surface area contributed by atoms with Gasteiger partial charge in [-0.2, -0.15) is 5.10 Å². The summed E-state index contributed by atoms with van der Waals surface area (Å²) in [5.74, 6) is -0.0441. The molecule has 4 rings (SSSR count). The van der Waals surface area contributed by atoms with Crippen molar-refractivity contribution in [2.75, 3.05) is 26.1 Å². The Morgan fingerprint density at radius 3 is 2.91 bits per heavy atom. The molecule has 0 spiro atoms. The Morgan fingerprint density at radius 2 is 2.18 bits per heavy atom. The first-order chi connectivity index (χ1) is 16.2. The number of urea groups is 1. The monoisotopic (exact) mass is 490 g/mol. The Bertz CT molecular complexity index is 1370. The van der Waals surface area contributed by atoms with E-state index in [0.29, 0.717) is 23.6 Å². The van der Waals surface area contributed by atoms with Crippen LogP contribution in [0.2, 0.25) is 0 Å².